The highest BCUT2D eigenvalue weighted by Gasteiger charge is 2.11. The van der Waals surface area contributed by atoms with E-state index in [1.807, 2.05) is 18.2 Å². The van der Waals surface area contributed by atoms with Gasteiger partial charge in [0.1, 0.15) is 12.4 Å². The minimum atomic E-state index is -0.249. The number of hydrogen-bond acceptors (Lipinski definition) is 4. The number of benzene rings is 2. The Hall–Kier alpha value is -2.37. The molecule has 5 heteroatoms. The van der Waals surface area contributed by atoms with Crippen LogP contribution in [-0.2, 0) is 4.74 Å². The van der Waals surface area contributed by atoms with Crippen LogP contribution in [0.5, 0.6) is 5.75 Å². The molecule has 0 saturated carbocycles. The first-order valence-corrected chi connectivity index (χ1v) is 8.86. The molecule has 0 saturated heterocycles. The van der Waals surface area contributed by atoms with Crippen molar-refractivity contribution in [2.75, 3.05) is 26.9 Å². The maximum absolute atomic E-state index is 12.4. The molecule has 5 nitrogen and oxygen atoms in total. The zero-order valence-corrected chi connectivity index (χ0v) is 15.7. The molecule has 1 atom stereocenters. The summed E-state index contributed by atoms with van der Waals surface area (Å²) in [5, 5.41) is 2.88. The van der Waals surface area contributed by atoms with E-state index >= 15 is 0 Å². The lowest BCUT2D eigenvalue weighted by Crippen LogP contribution is -2.31. The van der Waals surface area contributed by atoms with Crippen LogP contribution in [0.2, 0.25) is 0 Å². The molecule has 1 amide bonds. The summed E-state index contributed by atoms with van der Waals surface area (Å²) in [4.78, 5) is 12.4. The third kappa shape index (κ3) is 5.86. The van der Waals surface area contributed by atoms with Gasteiger partial charge < -0.3 is 20.5 Å². The number of amides is 1. The molecule has 0 bridgehead atoms. The molecule has 0 aliphatic heterocycles. The van der Waals surface area contributed by atoms with Crippen LogP contribution < -0.4 is 15.8 Å². The fourth-order valence-corrected chi connectivity index (χ4v) is 2.52. The van der Waals surface area contributed by atoms with E-state index in [1.165, 1.54) is 5.56 Å². The standard InChI is InChI=1S/C21H28N2O3/c1-15(2)16-7-9-17(10-8-16)20(22)14-23-21(24)18-5-4-6-19(13-18)26-12-11-25-3/h4-10,13,15,20H,11-12,14,22H2,1-3H3,(H,23,24). The van der Waals surface area contributed by atoms with E-state index in [4.69, 9.17) is 15.2 Å². The van der Waals surface area contributed by atoms with Gasteiger partial charge in [-0.1, -0.05) is 44.2 Å². The lowest BCUT2D eigenvalue weighted by molar-refractivity contribution is 0.0950. The third-order valence-electron chi connectivity index (χ3n) is 4.17. The summed E-state index contributed by atoms with van der Waals surface area (Å²) in [7, 11) is 1.62. The normalized spacial score (nSPS) is 12.0. The van der Waals surface area contributed by atoms with Gasteiger partial charge in [-0.3, -0.25) is 4.79 Å². The van der Waals surface area contributed by atoms with Gasteiger partial charge in [0.15, 0.2) is 0 Å². The van der Waals surface area contributed by atoms with Crippen LogP contribution in [0.4, 0.5) is 0 Å². The van der Waals surface area contributed by atoms with Crippen molar-refractivity contribution in [2.45, 2.75) is 25.8 Å². The molecule has 0 aromatic heterocycles. The van der Waals surface area contributed by atoms with Gasteiger partial charge in [0.2, 0.25) is 0 Å². The van der Waals surface area contributed by atoms with E-state index in [0.717, 1.165) is 5.56 Å². The van der Waals surface area contributed by atoms with Crippen molar-refractivity contribution < 1.29 is 14.3 Å². The zero-order valence-electron chi connectivity index (χ0n) is 15.7. The van der Waals surface area contributed by atoms with E-state index in [9.17, 15) is 4.79 Å². The summed E-state index contributed by atoms with van der Waals surface area (Å²) in [6.45, 7) is 5.62. The van der Waals surface area contributed by atoms with E-state index in [1.54, 1.807) is 25.3 Å². The molecule has 0 spiro atoms. The van der Waals surface area contributed by atoms with Gasteiger partial charge in [0.25, 0.3) is 5.91 Å². The lowest BCUT2D eigenvalue weighted by Gasteiger charge is -2.15. The summed E-state index contributed by atoms with van der Waals surface area (Å²) in [6, 6.07) is 15.0. The van der Waals surface area contributed by atoms with Gasteiger partial charge >= 0.3 is 0 Å². The Labute approximate surface area is 155 Å². The number of nitrogens with two attached hydrogens (primary N) is 1. The van der Waals surface area contributed by atoms with Crippen molar-refractivity contribution in [2.24, 2.45) is 5.73 Å². The van der Waals surface area contributed by atoms with Crippen molar-refractivity contribution >= 4 is 5.91 Å². The molecule has 0 aliphatic rings. The van der Waals surface area contributed by atoms with Crippen LogP contribution in [-0.4, -0.2) is 32.8 Å². The Balaban J connectivity index is 1.90. The van der Waals surface area contributed by atoms with Gasteiger partial charge in [0.05, 0.1) is 6.61 Å². The lowest BCUT2D eigenvalue weighted by atomic mass is 9.99. The first-order valence-electron chi connectivity index (χ1n) is 8.86. The van der Waals surface area contributed by atoms with Crippen LogP contribution in [0.15, 0.2) is 48.5 Å². The average molecular weight is 356 g/mol. The average Bonchev–Trinajstić information content (AvgIpc) is 2.66. The van der Waals surface area contributed by atoms with Gasteiger partial charge in [-0.15, -0.1) is 0 Å². The van der Waals surface area contributed by atoms with Crippen LogP contribution in [0.25, 0.3) is 0 Å². The second-order valence-corrected chi connectivity index (χ2v) is 6.51. The molecule has 0 radical (unpaired) electrons. The molecular weight excluding hydrogens is 328 g/mol. The minimum absolute atomic E-state index is 0.170. The molecule has 3 N–H and O–H groups in total. The second-order valence-electron chi connectivity index (χ2n) is 6.51. The smallest absolute Gasteiger partial charge is 0.251 e. The maximum Gasteiger partial charge on any atom is 0.251 e. The highest BCUT2D eigenvalue weighted by molar-refractivity contribution is 5.94. The topological polar surface area (TPSA) is 73.6 Å². The van der Waals surface area contributed by atoms with Crippen molar-refractivity contribution in [3.63, 3.8) is 0 Å². The molecule has 2 aromatic rings. The predicted octanol–water partition coefficient (Wildman–Crippen LogP) is 3.27. The number of ether oxygens (including phenoxy) is 2. The summed E-state index contributed by atoms with van der Waals surface area (Å²) in [5.41, 5.74) is 9.03. The van der Waals surface area contributed by atoms with Crippen molar-refractivity contribution in [1.82, 2.24) is 5.32 Å². The summed E-state index contributed by atoms with van der Waals surface area (Å²) >= 11 is 0. The fourth-order valence-electron chi connectivity index (χ4n) is 2.52. The van der Waals surface area contributed by atoms with Crippen LogP contribution in [0.1, 0.15) is 47.3 Å². The molecule has 0 aliphatic carbocycles. The first-order chi connectivity index (χ1) is 12.5. The molecule has 140 valence electrons. The van der Waals surface area contributed by atoms with Crippen LogP contribution in [0, 0.1) is 0 Å². The first kappa shape index (κ1) is 19.9. The quantitative estimate of drug-likeness (QED) is 0.676. The number of carbonyl (C=O) groups excluding carboxylic acids is 1. The van der Waals surface area contributed by atoms with E-state index in [2.05, 4.69) is 31.3 Å². The number of hydrogen-bond donors (Lipinski definition) is 2. The predicted molar refractivity (Wildman–Crippen MR) is 104 cm³/mol. The summed E-state index contributed by atoms with van der Waals surface area (Å²) < 4.78 is 10.5. The van der Waals surface area contributed by atoms with Crippen LogP contribution in [0.3, 0.4) is 0 Å². The highest BCUT2D eigenvalue weighted by atomic mass is 16.5. The number of methoxy groups -OCH3 is 1. The van der Waals surface area contributed by atoms with Crippen LogP contribution >= 0.6 is 0 Å². The van der Waals surface area contributed by atoms with E-state index in [-0.39, 0.29) is 11.9 Å². The number of nitrogens with one attached hydrogen (secondary N) is 1. The zero-order chi connectivity index (χ0) is 18.9. The number of carbonyl (C=O) groups is 1. The largest absolute Gasteiger partial charge is 0.491 e. The Morgan fingerprint density at radius 2 is 1.77 bits per heavy atom. The Kier molecular flexibility index (Phi) is 7.63. The van der Waals surface area contributed by atoms with Crippen molar-refractivity contribution in [3.8, 4) is 5.75 Å². The Morgan fingerprint density at radius 1 is 1.08 bits per heavy atom. The molecule has 0 fully saturated rings. The van der Waals surface area contributed by atoms with Gasteiger partial charge in [0, 0.05) is 25.3 Å². The number of rotatable bonds is 9. The molecule has 26 heavy (non-hydrogen) atoms. The Bertz CT molecular complexity index is 699. The molecule has 0 heterocycles. The molecule has 2 rings (SSSR count). The van der Waals surface area contributed by atoms with Crippen molar-refractivity contribution in [1.29, 1.82) is 0 Å². The maximum atomic E-state index is 12.4. The van der Waals surface area contributed by atoms with E-state index in [0.29, 0.717) is 37.0 Å². The van der Waals surface area contributed by atoms with Crippen molar-refractivity contribution in [3.05, 3.63) is 65.2 Å². The van der Waals surface area contributed by atoms with Gasteiger partial charge in [-0.05, 0) is 35.2 Å². The molecule has 2 aromatic carbocycles. The molecule has 1 unspecified atom stereocenters. The minimum Gasteiger partial charge on any atom is -0.491 e. The van der Waals surface area contributed by atoms with Gasteiger partial charge in [-0.25, -0.2) is 0 Å². The SMILES string of the molecule is COCCOc1cccc(C(=O)NCC(N)c2ccc(C(C)C)cc2)c1. The van der Waals surface area contributed by atoms with Gasteiger partial charge in [-0.2, -0.15) is 0 Å². The fraction of sp³-hybridized carbons (Fsp3) is 0.381. The van der Waals surface area contributed by atoms with E-state index < -0.39 is 0 Å². The summed E-state index contributed by atoms with van der Waals surface area (Å²) in [6.07, 6.45) is 0. The monoisotopic (exact) mass is 356 g/mol. The third-order valence-corrected chi connectivity index (χ3v) is 4.17. The summed E-state index contributed by atoms with van der Waals surface area (Å²) in [5.74, 6) is 0.957. The Morgan fingerprint density at radius 3 is 2.42 bits per heavy atom. The molecular formula is C21H28N2O3. The second kappa shape index (κ2) is 9.94. The highest BCUT2D eigenvalue weighted by Crippen LogP contribution is 2.18.